The summed E-state index contributed by atoms with van der Waals surface area (Å²) in [6, 6.07) is 8.87. The van der Waals surface area contributed by atoms with E-state index in [4.69, 9.17) is 0 Å². The van der Waals surface area contributed by atoms with Gasteiger partial charge in [0, 0.05) is 12.1 Å². The number of carbonyl (C=O) groups is 2. The van der Waals surface area contributed by atoms with Gasteiger partial charge in [-0.05, 0) is 38.2 Å². The SMILES string of the molecule is CCN(CC)CCCNC(=O)CNC(=O)c1ccccc1. The summed E-state index contributed by atoms with van der Waals surface area (Å²) in [5.41, 5.74) is 0.562. The highest BCUT2D eigenvalue weighted by Crippen LogP contribution is 1.97. The van der Waals surface area contributed by atoms with E-state index in [0.29, 0.717) is 12.1 Å². The lowest BCUT2D eigenvalue weighted by Gasteiger charge is -2.17. The van der Waals surface area contributed by atoms with Gasteiger partial charge >= 0.3 is 0 Å². The number of benzene rings is 1. The van der Waals surface area contributed by atoms with Crippen molar-refractivity contribution in [2.45, 2.75) is 20.3 Å². The molecule has 2 N–H and O–H groups in total. The highest BCUT2D eigenvalue weighted by molar-refractivity contribution is 5.96. The van der Waals surface area contributed by atoms with E-state index in [1.165, 1.54) is 0 Å². The molecule has 1 rings (SSSR count). The van der Waals surface area contributed by atoms with Crippen LogP contribution in [0.1, 0.15) is 30.6 Å². The zero-order valence-electron chi connectivity index (χ0n) is 12.9. The smallest absolute Gasteiger partial charge is 0.251 e. The first-order chi connectivity index (χ1) is 10.2. The molecule has 5 heteroatoms. The maximum atomic E-state index is 11.7. The van der Waals surface area contributed by atoms with Crippen molar-refractivity contribution in [3.05, 3.63) is 35.9 Å². The lowest BCUT2D eigenvalue weighted by atomic mass is 10.2. The highest BCUT2D eigenvalue weighted by Gasteiger charge is 2.07. The summed E-state index contributed by atoms with van der Waals surface area (Å²) in [6.45, 7) is 7.93. The lowest BCUT2D eigenvalue weighted by molar-refractivity contribution is -0.120. The number of hydrogen-bond acceptors (Lipinski definition) is 3. The van der Waals surface area contributed by atoms with Crippen molar-refractivity contribution in [1.82, 2.24) is 15.5 Å². The minimum absolute atomic E-state index is 0.0129. The van der Waals surface area contributed by atoms with Gasteiger partial charge in [-0.1, -0.05) is 32.0 Å². The molecule has 0 spiro atoms. The summed E-state index contributed by atoms with van der Waals surface area (Å²) in [7, 11) is 0. The van der Waals surface area contributed by atoms with Gasteiger partial charge in [-0.2, -0.15) is 0 Å². The summed E-state index contributed by atoms with van der Waals surface area (Å²) in [5, 5.41) is 5.42. The molecule has 1 aromatic carbocycles. The average molecular weight is 291 g/mol. The fourth-order valence-corrected chi connectivity index (χ4v) is 1.98. The molecule has 0 bridgehead atoms. The second-order valence-corrected chi connectivity index (χ2v) is 4.78. The van der Waals surface area contributed by atoms with Gasteiger partial charge in [0.15, 0.2) is 0 Å². The maximum absolute atomic E-state index is 11.7. The second kappa shape index (κ2) is 9.94. The Labute approximate surface area is 126 Å². The molecule has 0 aliphatic carbocycles. The standard InChI is InChI=1S/C16H25N3O2/c1-3-19(4-2)12-8-11-17-15(20)13-18-16(21)14-9-6-5-7-10-14/h5-7,9-10H,3-4,8,11-13H2,1-2H3,(H,17,20)(H,18,21). The summed E-state index contributed by atoms with van der Waals surface area (Å²) < 4.78 is 0. The van der Waals surface area contributed by atoms with Crippen LogP contribution in [0.5, 0.6) is 0 Å². The van der Waals surface area contributed by atoms with Crippen LogP contribution < -0.4 is 10.6 Å². The van der Waals surface area contributed by atoms with Crippen molar-refractivity contribution in [2.24, 2.45) is 0 Å². The summed E-state index contributed by atoms with van der Waals surface area (Å²) >= 11 is 0. The molecule has 2 amide bonds. The van der Waals surface area contributed by atoms with Crippen LogP contribution >= 0.6 is 0 Å². The van der Waals surface area contributed by atoms with Gasteiger partial charge in [0.2, 0.25) is 5.91 Å². The lowest BCUT2D eigenvalue weighted by Crippen LogP contribution is -2.38. The van der Waals surface area contributed by atoms with Gasteiger partial charge in [-0.25, -0.2) is 0 Å². The van der Waals surface area contributed by atoms with Crippen molar-refractivity contribution in [3.8, 4) is 0 Å². The number of nitrogens with one attached hydrogen (secondary N) is 2. The summed E-state index contributed by atoms with van der Waals surface area (Å²) in [6.07, 6.45) is 0.917. The molecule has 5 nitrogen and oxygen atoms in total. The molecule has 0 aliphatic heterocycles. The minimum atomic E-state index is -0.228. The van der Waals surface area contributed by atoms with E-state index in [-0.39, 0.29) is 18.4 Å². The number of rotatable bonds is 9. The molecule has 0 radical (unpaired) electrons. The number of hydrogen-bond donors (Lipinski definition) is 2. The number of carbonyl (C=O) groups excluding carboxylic acids is 2. The molecule has 0 aliphatic rings. The topological polar surface area (TPSA) is 61.4 Å². The first kappa shape index (κ1) is 17.2. The average Bonchev–Trinajstić information content (AvgIpc) is 2.53. The third kappa shape index (κ3) is 6.90. The van der Waals surface area contributed by atoms with Crippen LogP contribution in [-0.2, 0) is 4.79 Å². The monoisotopic (exact) mass is 291 g/mol. The largest absolute Gasteiger partial charge is 0.355 e. The molecular formula is C16H25N3O2. The van der Waals surface area contributed by atoms with E-state index in [0.717, 1.165) is 26.1 Å². The molecule has 0 heterocycles. The zero-order chi connectivity index (χ0) is 15.5. The molecule has 0 aromatic heterocycles. The Morgan fingerprint density at radius 3 is 2.33 bits per heavy atom. The van der Waals surface area contributed by atoms with Gasteiger partial charge in [0.05, 0.1) is 6.54 Å². The number of amides is 2. The van der Waals surface area contributed by atoms with Gasteiger partial charge in [-0.15, -0.1) is 0 Å². The molecule has 0 atom stereocenters. The molecule has 116 valence electrons. The van der Waals surface area contributed by atoms with E-state index in [1.54, 1.807) is 24.3 Å². The Bertz CT molecular complexity index is 430. The molecule has 0 unspecified atom stereocenters. The van der Waals surface area contributed by atoms with E-state index < -0.39 is 0 Å². The third-order valence-corrected chi connectivity index (χ3v) is 3.31. The van der Waals surface area contributed by atoms with Crippen LogP contribution in [0.4, 0.5) is 0 Å². The molecule has 0 fully saturated rings. The van der Waals surface area contributed by atoms with Gasteiger partial charge in [0.1, 0.15) is 0 Å². The Morgan fingerprint density at radius 1 is 1.05 bits per heavy atom. The normalized spacial score (nSPS) is 10.4. The van der Waals surface area contributed by atoms with Crippen LogP contribution in [0.2, 0.25) is 0 Å². The van der Waals surface area contributed by atoms with Gasteiger partial charge in [0.25, 0.3) is 5.91 Å². The number of nitrogens with zero attached hydrogens (tertiary/aromatic N) is 1. The third-order valence-electron chi connectivity index (χ3n) is 3.31. The molecule has 1 aromatic rings. The summed E-state index contributed by atoms with van der Waals surface area (Å²) in [4.78, 5) is 25.7. The van der Waals surface area contributed by atoms with Crippen LogP contribution in [0.15, 0.2) is 30.3 Å². The highest BCUT2D eigenvalue weighted by atomic mass is 16.2. The first-order valence-electron chi connectivity index (χ1n) is 7.49. The molecule has 0 saturated carbocycles. The Hall–Kier alpha value is -1.88. The van der Waals surface area contributed by atoms with Gasteiger partial charge in [-0.3, -0.25) is 9.59 Å². The van der Waals surface area contributed by atoms with Crippen LogP contribution in [0.3, 0.4) is 0 Å². The molecule has 0 saturated heterocycles. The fourth-order valence-electron chi connectivity index (χ4n) is 1.98. The van der Waals surface area contributed by atoms with E-state index in [1.807, 2.05) is 6.07 Å². The van der Waals surface area contributed by atoms with Crippen molar-refractivity contribution in [3.63, 3.8) is 0 Å². The quantitative estimate of drug-likeness (QED) is 0.674. The van der Waals surface area contributed by atoms with Crippen LogP contribution in [0.25, 0.3) is 0 Å². The Morgan fingerprint density at radius 2 is 1.71 bits per heavy atom. The summed E-state index contributed by atoms with van der Waals surface area (Å²) in [5.74, 6) is -0.382. The van der Waals surface area contributed by atoms with Crippen LogP contribution in [0, 0.1) is 0 Å². The Balaban J connectivity index is 2.15. The second-order valence-electron chi connectivity index (χ2n) is 4.78. The van der Waals surface area contributed by atoms with Crippen molar-refractivity contribution >= 4 is 11.8 Å². The fraction of sp³-hybridized carbons (Fsp3) is 0.500. The van der Waals surface area contributed by atoms with Crippen LogP contribution in [-0.4, -0.2) is 49.4 Å². The predicted molar refractivity (Wildman–Crippen MR) is 84.2 cm³/mol. The zero-order valence-corrected chi connectivity index (χ0v) is 12.9. The van der Waals surface area contributed by atoms with Crippen molar-refractivity contribution in [1.29, 1.82) is 0 Å². The Kier molecular flexibility index (Phi) is 8.12. The van der Waals surface area contributed by atoms with E-state index >= 15 is 0 Å². The van der Waals surface area contributed by atoms with E-state index in [2.05, 4.69) is 29.4 Å². The first-order valence-corrected chi connectivity index (χ1v) is 7.49. The van der Waals surface area contributed by atoms with Crippen molar-refractivity contribution in [2.75, 3.05) is 32.7 Å². The van der Waals surface area contributed by atoms with Crippen molar-refractivity contribution < 1.29 is 9.59 Å². The predicted octanol–water partition coefficient (Wildman–Crippen LogP) is 1.26. The van der Waals surface area contributed by atoms with E-state index in [9.17, 15) is 9.59 Å². The minimum Gasteiger partial charge on any atom is -0.355 e. The van der Waals surface area contributed by atoms with Gasteiger partial charge < -0.3 is 15.5 Å². The molecular weight excluding hydrogens is 266 g/mol. The maximum Gasteiger partial charge on any atom is 0.251 e. The molecule has 21 heavy (non-hydrogen) atoms.